The van der Waals surface area contributed by atoms with Crippen molar-refractivity contribution in [3.63, 3.8) is 0 Å². The Hall–Kier alpha value is -2.17. The van der Waals surface area contributed by atoms with Gasteiger partial charge in [0.1, 0.15) is 0 Å². The average Bonchev–Trinajstić information content (AvgIpc) is 2.46. The van der Waals surface area contributed by atoms with Crippen molar-refractivity contribution in [2.75, 3.05) is 7.11 Å². The van der Waals surface area contributed by atoms with Crippen LogP contribution in [0, 0.1) is 5.92 Å². The number of amides is 1. The van der Waals surface area contributed by atoms with Crippen LogP contribution in [0.2, 0.25) is 0 Å². The third-order valence-corrected chi connectivity index (χ3v) is 3.16. The predicted octanol–water partition coefficient (Wildman–Crippen LogP) is 1.50. The minimum Gasteiger partial charge on any atom is -0.469 e. The van der Waals surface area contributed by atoms with Gasteiger partial charge in [-0.3, -0.25) is 14.4 Å². The highest BCUT2D eigenvalue weighted by molar-refractivity contribution is 5.91. The molecule has 0 heterocycles. The van der Waals surface area contributed by atoms with Crippen LogP contribution in [0.1, 0.15) is 25.8 Å². The molecule has 0 aliphatic carbocycles. The Morgan fingerprint density at radius 2 is 1.81 bits per heavy atom. The number of Topliss-reactive ketones (excluding diaryl/α,β-unsaturated/α-hetero) is 1. The monoisotopic (exact) mass is 291 g/mol. The first-order valence-electron chi connectivity index (χ1n) is 6.85. The van der Waals surface area contributed by atoms with Crippen LogP contribution in [0.15, 0.2) is 30.3 Å². The highest BCUT2D eigenvalue weighted by Crippen LogP contribution is 2.11. The maximum absolute atomic E-state index is 12.3. The zero-order valence-electron chi connectivity index (χ0n) is 12.6. The summed E-state index contributed by atoms with van der Waals surface area (Å²) in [7, 11) is 1.29. The van der Waals surface area contributed by atoms with Crippen molar-refractivity contribution in [2.24, 2.45) is 5.92 Å². The van der Waals surface area contributed by atoms with Gasteiger partial charge in [-0.15, -0.1) is 0 Å². The van der Waals surface area contributed by atoms with E-state index in [1.807, 2.05) is 30.3 Å². The molecule has 0 aliphatic heterocycles. The molecule has 0 spiro atoms. The van der Waals surface area contributed by atoms with Gasteiger partial charge in [-0.25, -0.2) is 0 Å². The molecular formula is C16H21NO4. The fourth-order valence-electron chi connectivity index (χ4n) is 2.07. The maximum Gasteiger partial charge on any atom is 0.308 e. The summed E-state index contributed by atoms with van der Waals surface area (Å²) < 4.78 is 4.61. The van der Waals surface area contributed by atoms with Crippen molar-refractivity contribution in [1.82, 2.24) is 5.32 Å². The molecule has 2 atom stereocenters. The first kappa shape index (κ1) is 16.9. The summed E-state index contributed by atoms with van der Waals surface area (Å²) in [4.78, 5) is 34.9. The summed E-state index contributed by atoms with van der Waals surface area (Å²) in [5.74, 6) is -1.39. The van der Waals surface area contributed by atoms with Gasteiger partial charge in [-0.1, -0.05) is 37.3 Å². The van der Waals surface area contributed by atoms with Gasteiger partial charge in [-0.2, -0.15) is 0 Å². The summed E-state index contributed by atoms with van der Waals surface area (Å²) >= 11 is 0. The summed E-state index contributed by atoms with van der Waals surface area (Å²) in [6.07, 6.45) is 0.456. The Morgan fingerprint density at radius 1 is 1.19 bits per heavy atom. The third-order valence-electron chi connectivity index (χ3n) is 3.16. The number of carbonyl (C=O) groups is 3. The van der Waals surface area contributed by atoms with Crippen LogP contribution < -0.4 is 5.32 Å². The van der Waals surface area contributed by atoms with Crippen LogP contribution in [0.25, 0.3) is 0 Å². The molecular weight excluding hydrogens is 270 g/mol. The zero-order valence-corrected chi connectivity index (χ0v) is 12.6. The minimum atomic E-state index is -0.628. The molecule has 0 saturated heterocycles. The molecule has 0 saturated carbocycles. The van der Waals surface area contributed by atoms with Gasteiger partial charge in [-0.05, 0) is 12.0 Å². The second-order valence-electron chi connectivity index (χ2n) is 5.04. The maximum atomic E-state index is 12.3. The van der Waals surface area contributed by atoms with E-state index in [-0.39, 0.29) is 18.1 Å². The van der Waals surface area contributed by atoms with Gasteiger partial charge in [0.2, 0.25) is 5.91 Å². The Labute approximate surface area is 124 Å². The van der Waals surface area contributed by atoms with E-state index in [4.69, 9.17) is 0 Å². The van der Waals surface area contributed by atoms with Crippen LogP contribution in [0.5, 0.6) is 0 Å². The molecule has 0 radical (unpaired) electrons. The van der Waals surface area contributed by atoms with Crippen LogP contribution >= 0.6 is 0 Å². The highest BCUT2D eigenvalue weighted by Gasteiger charge is 2.24. The summed E-state index contributed by atoms with van der Waals surface area (Å²) in [6.45, 7) is 3.01. The van der Waals surface area contributed by atoms with E-state index in [1.54, 1.807) is 6.92 Å². The molecule has 0 unspecified atom stereocenters. The van der Waals surface area contributed by atoms with Gasteiger partial charge >= 0.3 is 5.97 Å². The predicted molar refractivity (Wildman–Crippen MR) is 78.6 cm³/mol. The van der Waals surface area contributed by atoms with Gasteiger partial charge in [0.25, 0.3) is 0 Å². The Balaban J connectivity index is 2.75. The summed E-state index contributed by atoms with van der Waals surface area (Å²) in [5, 5.41) is 2.65. The third kappa shape index (κ3) is 5.77. The standard InChI is InChI=1S/C16H21NO4/c1-11(16(20)21-3)9-15(19)14(17-12(2)18)10-13-7-5-4-6-8-13/h4-8,11,14H,9-10H2,1-3H3,(H,17,18)/t11-,14-/m1/s1. The summed E-state index contributed by atoms with van der Waals surface area (Å²) in [6, 6.07) is 8.80. The molecule has 1 rings (SSSR count). The second-order valence-corrected chi connectivity index (χ2v) is 5.04. The molecule has 0 aliphatic rings. The van der Waals surface area contributed by atoms with Gasteiger partial charge in [0.05, 0.1) is 19.1 Å². The number of hydrogen-bond acceptors (Lipinski definition) is 4. The molecule has 5 heteroatoms. The fourth-order valence-corrected chi connectivity index (χ4v) is 2.07. The Morgan fingerprint density at radius 3 is 2.33 bits per heavy atom. The number of carbonyl (C=O) groups excluding carboxylic acids is 3. The van der Waals surface area contributed by atoms with Gasteiger partial charge in [0.15, 0.2) is 5.78 Å². The smallest absolute Gasteiger partial charge is 0.308 e. The van der Waals surface area contributed by atoms with Crippen LogP contribution in [-0.2, 0) is 25.5 Å². The van der Waals surface area contributed by atoms with E-state index < -0.39 is 17.9 Å². The fraction of sp³-hybridized carbons (Fsp3) is 0.438. The lowest BCUT2D eigenvalue weighted by atomic mass is 9.95. The van der Waals surface area contributed by atoms with Crippen molar-refractivity contribution in [3.05, 3.63) is 35.9 Å². The molecule has 1 N–H and O–H groups in total. The topological polar surface area (TPSA) is 72.5 Å². The average molecular weight is 291 g/mol. The van der Waals surface area contributed by atoms with Crippen molar-refractivity contribution >= 4 is 17.7 Å². The molecule has 1 aromatic rings. The number of nitrogens with one attached hydrogen (secondary N) is 1. The van der Waals surface area contributed by atoms with Gasteiger partial charge in [0, 0.05) is 13.3 Å². The highest BCUT2D eigenvalue weighted by atomic mass is 16.5. The number of methoxy groups -OCH3 is 1. The molecule has 0 fully saturated rings. The van der Waals surface area contributed by atoms with Crippen LogP contribution in [0.4, 0.5) is 0 Å². The Bertz CT molecular complexity index is 498. The van der Waals surface area contributed by atoms with E-state index >= 15 is 0 Å². The minimum absolute atomic E-state index is 0.0461. The molecule has 1 aromatic carbocycles. The molecule has 1 amide bonds. The lowest BCUT2D eigenvalue weighted by Gasteiger charge is -2.18. The van der Waals surface area contributed by atoms with Crippen molar-refractivity contribution in [2.45, 2.75) is 32.7 Å². The molecule has 0 aromatic heterocycles. The van der Waals surface area contributed by atoms with E-state index in [9.17, 15) is 14.4 Å². The second kappa shape index (κ2) is 8.19. The molecule has 21 heavy (non-hydrogen) atoms. The van der Waals surface area contributed by atoms with Crippen LogP contribution in [-0.4, -0.2) is 30.8 Å². The number of esters is 1. The number of ketones is 1. The SMILES string of the molecule is COC(=O)[C@H](C)CC(=O)[C@@H](Cc1ccccc1)NC(C)=O. The van der Waals surface area contributed by atoms with E-state index in [2.05, 4.69) is 10.1 Å². The van der Waals surface area contributed by atoms with Crippen molar-refractivity contribution in [1.29, 1.82) is 0 Å². The quantitative estimate of drug-likeness (QED) is 0.773. The molecule has 0 bridgehead atoms. The lowest BCUT2D eigenvalue weighted by Crippen LogP contribution is -2.42. The first-order valence-corrected chi connectivity index (χ1v) is 6.85. The number of rotatable bonds is 7. The van der Waals surface area contributed by atoms with Crippen molar-refractivity contribution in [3.8, 4) is 0 Å². The van der Waals surface area contributed by atoms with Crippen molar-refractivity contribution < 1.29 is 19.1 Å². The van der Waals surface area contributed by atoms with E-state index in [0.717, 1.165) is 5.56 Å². The summed E-state index contributed by atoms with van der Waals surface area (Å²) in [5.41, 5.74) is 0.954. The van der Waals surface area contributed by atoms with E-state index in [0.29, 0.717) is 6.42 Å². The largest absolute Gasteiger partial charge is 0.469 e. The number of benzene rings is 1. The molecule has 5 nitrogen and oxygen atoms in total. The number of ether oxygens (including phenoxy) is 1. The lowest BCUT2D eigenvalue weighted by molar-refractivity contribution is -0.146. The Kier molecular flexibility index (Phi) is 6.59. The number of hydrogen-bond donors (Lipinski definition) is 1. The van der Waals surface area contributed by atoms with Gasteiger partial charge < -0.3 is 10.1 Å². The van der Waals surface area contributed by atoms with E-state index in [1.165, 1.54) is 14.0 Å². The zero-order chi connectivity index (χ0) is 15.8. The normalized spacial score (nSPS) is 13.1. The molecule has 114 valence electrons. The van der Waals surface area contributed by atoms with Crippen LogP contribution in [0.3, 0.4) is 0 Å². The first-order chi connectivity index (χ1) is 9.93.